The van der Waals surface area contributed by atoms with Gasteiger partial charge in [0.2, 0.25) is 10.0 Å². The average Bonchev–Trinajstić information content (AvgIpc) is 2.94. The molecule has 2 N–H and O–H groups in total. The normalized spacial score (nSPS) is 13.0. The highest BCUT2D eigenvalue weighted by Crippen LogP contribution is 2.26. The molecular weight excluding hydrogens is 330 g/mol. The van der Waals surface area contributed by atoms with Crippen LogP contribution in [-0.4, -0.2) is 19.5 Å². The molecule has 0 radical (unpaired) electrons. The molecule has 0 amide bonds. The predicted octanol–water partition coefficient (Wildman–Crippen LogP) is 2.98. The standard InChI is InChI=1S/C14H14ClNO5S/c1-8-11(14(17)18)6-10(15)7-13(8)22(19,20)16-9(2)12-4-3-5-21-12/h3-7,9,16H,1-2H3,(H,17,18)/t9-/m0/s1. The van der Waals surface area contributed by atoms with Gasteiger partial charge in [0.1, 0.15) is 5.76 Å². The van der Waals surface area contributed by atoms with E-state index in [9.17, 15) is 13.2 Å². The second-order valence-corrected chi connectivity index (χ2v) is 6.86. The molecule has 6 nitrogen and oxygen atoms in total. The number of benzene rings is 1. The Morgan fingerprint density at radius 1 is 1.41 bits per heavy atom. The summed E-state index contributed by atoms with van der Waals surface area (Å²) in [6.45, 7) is 3.04. The summed E-state index contributed by atoms with van der Waals surface area (Å²) in [5.41, 5.74) is -0.0328. The number of carboxylic acids is 1. The Hall–Kier alpha value is -1.83. The van der Waals surface area contributed by atoms with Crippen LogP contribution in [0.15, 0.2) is 39.8 Å². The van der Waals surface area contributed by atoms with E-state index in [-0.39, 0.29) is 21.0 Å². The molecule has 1 atom stereocenters. The molecule has 2 rings (SSSR count). The molecule has 0 saturated heterocycles. The molecule has 1 aromatic carbocycles. The molecule has 0 aliphatic rings. The minimum absolute atomic E-state index is 0.0361. The SMILES string of the molecule is Cc1c(C(=O)O)cc(Cl)cc1S(=O)(=O)N[C@@H](C)c1ccco1. The van der Waals surface area contributed by atoms with Gasteiger partial charge in [-0.25, -0.2) is 17.9 Å². The van der Waals surface area contributed by atoms with Crippen molar-refractivity contribution in [3.63, 3.8) is 0 Å². The second kappa shape index (κ2) is 6.12. The number of aromatic carboxylic acids is 1. The highest BCUT2D eigenvalue weighted by molar-refractivity contribution is 7.89. The minimum atomic E-state index is -3.95. The molecule has 0 fully saturated rings. The van der Waals surface area contributed by atoms with Gasteiger partial charge in [-0.15, -0.1) is 0 Å². The third-order valence-electron chi connectivity index (χ3n) is 3.15. The summed E-state index contributed by atoms with van der Waals surface area (Å²) in [6, 6.07) is 5.12. The van der Waals surface area contributed by atoms with Gasteiger partial charge in [0.15, 0.2) is 0 Å². The Kier molecular flexibility index (Phi) is 4.60. The van der Waals surface area contributed by atoms with Crippen molar-refractivity contribution >= 4 is 27.6 Å². The van der Waals surface area contributed by atoms with E-state index in [1.165, 1.54) is 25.3 Å². The molecule has 22 heavy (non-hydrogen) atoms. The summed E-state index contributed by atoms with van der Waals surface area (Å²) >= 11 is 5.83. The van der Waals surface area contributed by atoms with Crippen LogP contribution in [0.1, 0.15) is 34.6 Å². The van der Waals surface area contributed by atoms with Crippen molar-refractivity contribution < 1.29 is 22.7 Å². The number of carbonyl (C=O) groups is 1. The zero-order chi connectivity index (χ0) is 16.5. The summed E-state index contributed by atoms with van der Waals surface area (Å²) < 4.78 is 32.5. The summed E-state index contributed by atoms with van der Waals surface area (Å²) in [6.07, 6.45) is 1.44. The topological polar surface area (TPSA) is 96.6 Å². The molecule has 2 aromatic rings. The van der Waals surface area contributed by atoms with Crippen LogP contribution in [0.25, 0.3) is 0 Å². The van der Waals surface area contributed by atoms with Crippen LogP contribution in [0, 0.1) is 6.92 Å². The number of sulfonamides is 1. The van der Waals surface area contributed by atoms with Crippen molar-refractivity contribution in [3.8, 4) is 0 Å². The monoisotopic (exact) mass is 343 g/mol. The van der Waals surface area contributed by atoms with Crippen molar-refractivity contribution in [1.29, 1.82) is 0 Å². The molecule has 118 valence electrons. The van der Waals surface area contributed by atoms with Crippen LogP contribution in [-0.2, 0) is 10.0 Å². The van der Waals surface area contributed by atoms with Crippen LogP contribution in [0.5, 0.6) is 0 Å². The van der Waals surface area contributed by atoms with Gasteiger partial charge in [0.05, 0.1) is 22.8 Å². The van der Waals surface area contributed by atoms with Crippen LogP contribution in [0.2, 0.25) is 5.02 Å². The number of nitrogens with one attached hydrogen (secondary N) is 1. The first-order valence-corrected chi connectivity index (χ1v) is 8.17. The fourth-order valence-electron chi connectivity index (χ4n) is 2.05. The zero-order valence-corrected chi connectivity index (χ0v) is 13.4. The van der Waals surface area contributed by atoms with E-state index in [1.54, 1.807) is 19.1 Å². The first-order valence-electron chi connectivity index (χ1n) is 6.31. The van der Waals surface area contributed by atoms with Crippen LogP contribution in [0.3, 0.4) is 0 Å². The lowest BCUT2D eigenvalue weighted by Gasteiger charge is -2.15. The predicted molar refractivity (Wildman–Crippen MR) is 80.6 cm³/mol. The lowest BCUT2D eigenvalue weighted by Crippen LogP contribution is -2.27. The first kappa shape index (κ1) is 16.5. The molecule has 0 spiro atoms. The maximum absolute atomic E-state index is 12.5. The zero-order valence-electron chi connectivity index (χ0n) is 11.8. The summed E-state index contributed by atoms with van der Waals surface area (Å²) in [4.78, 5) is 11.0. The van der Waals surface area contributed by atoms with Crippen molar-refractivity contribution in [2.75, 3.05) is 0 Å². The quantitative estimate of drug-likeness (QED) is 0.869. The van der Waals surface area contributed by atoms with Crippen LogP contribution in [0.4, 0.5) is 0 Å². The number of halogens is 1. The largest absolute Gasteiger partial charge is 0.478 e. The second-order valence-electron chi connectivity index (χ2n) is 4.74. The van der Waals surface area contributed by atoms with Crippen LogP contribution >= 0.6 is 11.6 Å². The smallest absolute Gasteiger partial charge is 0.336 e. The molecule has 0 aliphatic carbocycles. The van der Waals surface area contributed by atoms with E-state index in [0.717, 1.165) is 0 Å². The molecule has 0 unspecified atom stereocenters. The Balaban J connectivity index is 2.44. The Bertz CT molecular complexity index is 799. The first-order chi connectivity index (χ1) is 10.2. The van der Waals surface area contributed by atoms with E-state index in [2.05, 4.69) is 4.72 Å². The maximum atomic E-state index is 12.5. The highest BCUT2D eigenvalue weighted by atomic mass is 35.5. The van der Waals surface area contributed by atoms with Crippen molar-refractivity contribution in [2.24, 2.45) is 0 Å². The molecular formula is C14H14ClNO5S. The summed E-state index contributed by atoms with van der Waals surface area (Å²) in [5.74, 6) is -0.794. The number of carboxylic acid groups (broad SMARTS) is 1. The van der Waals surface area contributed by atoms with Crippen molar-refractivity contribution in [1.82, 2.24) is 4.72 Å². The molecule has 1 heterocycles. The average molecular weight is 344 g/mol. The van der Waals surface area contributed by atoms with Crippen LogP contribution < -0.4 is 4.72 Å². The maximum Gasteiger partial charge on any atom is 0.336 e. The summed E-state index contributed by atoms with van der Waals surface area (Å²) in [7, 11) is -3.95. The van der Waals surface area contributed by atoms with E-state index >= 15 is 0 Å². The van der Waals surface area contributed by atoms with E-state index in [4.69, 9.17) is 21.1 Å². The Morgan fingerprint density at radius 2 is 2.09 bits per heavy atom. The van der Waals surface area contributed by atoms with Gasteiger partial charge in [-0.2, -0.15) is 0 Å². The van der Waals surface area contributed by atoms with Crippen molar-refractivity contribution in [2.45, 2.75) is 24.8 Å². The van der Waals surface area contributed by atoms with Gasteiger partial charge in [-0.05, 0) is 43.7 Å². The third kappa shape index (κ3) is 3.32. The van der Waals surface area contributed by atoms with Gasteiger partial charge in [-0.3, -0.25) is 0 Å². The molecule has 0 saturated carbocycles. The Morgan fingerprint density at radius 3 is 2.64 bits per heavy atom. The Labute approximate surface area is 132 Å². The number of hydrogen-bond acceptors (Lipinski definition) is 4. The van der Waals surface area contributed by atoms with Gasteiger partial charge in [0.25, 0.3) is 0 Å². The van der Waals surface area contributed by atoms with E-state index < -0.39 is 22.0 Å². The van der Waals surface area contributed by atoms with Gasteiger partial charge < -0.3 is 9.52 Å². The minimum Gasteiger partial charge on any atom is -0.478 e. The molecule has 0 aliphatic heterocycles. The number of furan rings is 1. The molecule has 1 aromatic heterocycles. The highest BCUT2D eigenvalue weighted by Gasteiger charge is 2.25. The van der Waals surface area contributed by atoms with E-state index in [0.29, 0.717) is 5.76 Å². The van der Waals surface area contributed by atoms with Crippen molar-refractivity contribution in [3.05, 3.63) is 52.4 Å². The summed E-state index contributed by atoms with van der Waals surface area (Å²) in [5, 5.41) is 9.16. The number of rotatable bonds is 5. The third-order valence-corrected chi connectivity index (χ3v) is 5.03. The molecule has 0 bridgehead atoms. The van der Waals surface area contributed by atoms with Gasteiger partial charge >= 0.3 is 5.97 Å². The van der Waals surface area contributed by atoms with Gasteiger partial charge in [0, 0.05) is 5.02 Å². The van der Waals surface area contributed by atoms with Gasteiger partial charge in [-0.1, -0.05) is 11.6 Å². The lowest BCUT2D eigenvalue weighted by atomic mass is 10.1. The number of hydrogen-bond donors (Lipinski definition) is 2. The fraction of sp³-hybridized carbons (Fsp3) is 0.214. The van der Waals surface area contributed by atoms with E-state index in [1.807, 2.05) is 0 Å². The lowest BCUT2D eigenvalue weighted by molar-refractivity contribution is 0.0696. The fourth-order valence-corrected chi connectivity index (χ4v) is 3.83. The molecule has 8 heteroatoms.